The third-order valence-electron chi connectivity index (χ3n) is 2.57. The first kappa shape index (κ1) is 13.8. The maximum atomic E-state index is 13.1. The second-order valence-electron chi connectivity index (χ2n) is 3.81. The number of thioether (sulfide) groups is 1. The molecule has 0 amide bonds. The summed E-state index contributed by atoms with van der Waals surface area (Å²) in [6.45, 7) is -1.12. The van der Waals surface area contributed by atoms with Crippen molar-refractivity contribution in [1.82, 2.24) is 9.55 Å². The van der Waals surface area contributed by atoms with E-state index in [2.05, 4.69) is 9.72 Å². The second kappa shape index (κ2) is 5.56. The average Bonchev–Trinajstić information content (AvgIpc) is 2.75. The molecule has 0 aliphatic rings. The largest absolute Gasteiger partial charge is 0.468 e. The molecule has 7 heteroatoms. The highest BCUT2D eigenvalue weighted by Crippen LogP contribution is 2.31. The number of aromatic nitrogens is 2. The molecule has 102 valence electrons. The summed E-state index contributed by atoms with van der Waals surface area (Å²) in [5.74, 6) is -0.474. The van der Waals surface area contributed by atoms with Crippen LogP contribution in [0.5, 0.6) is 0 Å². The Morgan fingerprint density at radius 3 is 2.74 bits per heavy atom. The molecule has 0 saturated heterocycles. The molecular weight excluding hydrogens is 274 g/mol. The van der Waals surface area contributed by atoms with Gasteiger partial charge < -0.3 is 4.74 Å². The highest BCUT2D eigenvalue weighted by Gasteiger charge is 2.23. The van der Waals surface area contributed by atoms with Gasteiger partial charge in [0.2, 0.25) is 0 Å². The van der Waals surface area contributed by atoms with Crippen molar-refractivity contribution in [2.45, 2.75) is 23.9 Å². The summed E-state index contributed by atoms with van der Waals surface area (Å²) in [5.41, 5.74) is 0.819. The van der Waals surface area contributed by atoms with E-state index in [1.54, 1.807) is 31.2 Å². The first-order valence-electron chi connectivity index (χ1n) is 5.54. The Hall–Kier alpha value is -1.63. The van der Waals surface area contributed by atoms with E-state index in [4.69, 9.17) is 0 Å². The molecule has 0 fully saturated rings. The zero-order chi connectivity index (χ0) is 14.0. The van der Waals surface area contributed by atoms with Gasteiger partial charge >= 0.3 is 12.5 Å². The number of methoxy groups -OCH3 is 1. The van der Waals surface area contributed by atoms with Gasteiger partial charge in [-0.1, -0.05) is 23.9 Å². The van der Waals surface area contributed by atoms with Gasteiger partial charge in [-0.25, -0.2) is 4.98 Å². The normalized spacial score (nSPS) is 12.9. The quantitative estimate of drug-likeness (QED) is 0.640. The fraction of sp³-hybridized carbons (Fsp3) is 0.333. The van der Waals surface area contributed by atoms with Crippen molar-refractivity contribution >= 4 is 28.8 Å². The Kier molecular flexibility index (Phi) is 4.04. The highest BCUT2D eigenvalue weighted by atomic mass is 32.2. The van der Waals surface area contributed by atoms with Gasteiger partial charge in [0.05, 0.1) is 18.1 Å². The Morgan fingerprint density at radius 2 is 2.11 bits per heavy atom. The zero-order valence-corrected chi connectivity index (χ0v) is 11.2. The van der Waals surface area contributed by atoms with Gasteiger partial charge in [0, 0.05) is 0 Å². The number of esters is 1. The second-order valence-corrected chi connectivity index (χ2v) is 5.12. The fourth-order valence-corrected chi connectivity index (χ4v) is 2.62. The molecule has 0 N–H and O–H groups in total. The van der Waals surface area contributed by atoms with Crippen LogP contribution in [0.1, 0.15) is 13.5 Å². The molecule has 0 aliphatic carbocycles. The third-order valence-corrected chi connectivity index (χ3v) is 3.62. The lowest BCUT2D eigenvalue weighted by Crippen LogP contribution is -2.15. The lowest BCUT2D eigenvalue weighted by Gasteiger charge is -2.10. The van der Waals surface area contributed by atoms with Gasteiger partial charge in [0.1, 0.15) is 5.25 Å². The molecule has 2 aromatic rings. The topological polar surface area (TPSA) is 44.1 Å². The molecule has 0 saturated carbocycles. The lowest BCUT2D eigenvalue weighted by atomic mass is 10.3. The van der Waals surface area contributed by atoms with E-state index in [1.165, 1.54) is 7.11 Å². The Labute approximate surface area is 112 Å². The van der Waals surface area contributed by atoms with Gasteiger partial charge in [0.25, 0.3) is 0 Å². The van der Waals surface area contributed by atoms with Crippen LogP contribution in [0.15, 0.2) is 29.4 Å². The number of halogens is 2. The Bertz CT molecular complexity index is 600. The number of carbonyl (C=O) groups excluding carboxylic acids is 1. The van der Waals surface area contributed by atoms with Crippen LogP contribution >= 0.6 is 11.8 Å². The number of hydrogen-bond donors (Lipinski definition) is 0. The minimum Gasteiger partial charge on any atom is -0.468 e. The first-order valence-corrected chi connectivity index (χ1v) is 6.42. The van der Waals surface area contributed by atoms with Gasteiger partial charge in [-0.05, 0) is 19.1 Å². The third kappa shape index (κ3) is 2.70. The number of nitrogens with zero attached hydrogens (tertiary/aromatic N) is 2. The maximum absolute atomic E-state index is 13.1. The van der Waals surface area contributed by atoms with Crippen molar-refractivity contribution in [3.05, 3.63) is 24.3 Å². The van der Waals surface area contributed by atoms with Crippen molar-refractivity contribution in [2.75, 3.05) is 7.11 Å². The van der Waals surface area contributed by atoms with E-state index in [1.807, 2.05) is 0 Å². The number of hydrogen-bond acceptors (Lipinski definition) is 4. The van der Waals surface area contributed by atoms with Gasteiger partial charge in [0.15, 0.2) is 5.16 Å². The number of rotatable bonds is 4. The van der Waals surface area contributed by atoms with Gasteiger partial charge in [-0.3, -0.25) is 9.36 Å². The van der Waals surface area contributed by atoms with E-state index in [-0.39, 0.29) is 5.16 Å². The zero-order valence-electron chi connectivity index (χ0n) is 10.3. The summed E-state index contributed by atoms with van der Waals surface area (Å²) in [7, 11) is 1.26. The molecule has 2 rings (SSSR count). The molecule has 0 spiro atoms. The molecule has 1 unspecified atom stereocenters. The SMILES string of the molecule is COC(=O)C(C)Sc1nc2ccccc2n1C(F)F. The molecule has 1 heterocycles. The van der Waals surface area contributed by atoms with E-state index in [0.717, 1.165) is 16.3 Å². The number of imidazole rings is 1. The predicted octanol–water partition coefficient (Wildman–Crippen LogP) is 3.09. The van der Waals surface area contributed by atoms with Crippen molar-refractivity contribution in [3.63, 3.8) is 0 Å². The monoisotopic (exact) mass is 286 g/mol. The number of ether oxygens (including phenoxy) is 1. The van der Waals surface area contributed by atoms with E-state index < -0.39 is 17.8 Å². The minimum atomic E-state index is -2.71. The summed E-state index contributed by atoms with van der Waals surface area (Å²) < 4.78 is 31.6. The van der Waals surface area contributed by atoms with Crippen molar-refractivity contribution < 1.29 is 18.3 Å². The minimum absolute atomic E-state index is 0.106. The predicted molar refractivity (Wildman–Crippen MR) is 68.3 cm³/mol. The average molecular weight is 286 g/mol. The number of fused-ring (bicyclic) bond motifs is 1. The van der Waals surface area contributed by atoms with Crippen LogP contribution < -0.4 is 0 Å². The van der Waals surface area contributed by atoms with E-state index >= 15 is 0 Å². The number of alkyl halides is 2. The van der Waals surface area contributed by atoms with Crippen LogP contribution in [0.25, 0.3) is 11.0 Å². The Morgan fingerprint density at radius 1 is 1.42 bits per heavy atom. The summed E-state index contributed by atoms with van der Waals surface area (Å²) in [6, 6.07) is 6.62. The van der Waals surface area contributed by atoms with Crippen LogP contribution in [0, 0.1) is 0 Å². The molecular formula is C12H12F2N2O2S. The van der Waals surface area contributed by atoms with Crippen LogP contribution in [0.2, 0.25) is 0 Å². The molecule has 0 aliphatic heterocycles. The summed E-state index contributed by atoms with van der Waals surface area (Å²) >= 11 is 0.954. The molecule has 1 aromatic heterocycles. The highest BCUT2D eigenvalue weighted by molar-refractivity contribution is 8.00. The van der Waals surface area contributed by atoms with Crippen molar-refractivity contribution in [1.29, 1.82) is 0 Å². The molecule has 1 aromatic carbocycles. The van der Waals surface area contributed by atoms with Crippen molar-refractivity contribution in [2.24, 2.45) is 0 Å². The van der Waals surface area contributed by atoms with Gasteiger partial charge in [-0.2, -0.15) is 8.78 Å². The van der Waals surface area contributed by atoms with Crippen molar-refractivity contribution in [3.8, 4) is 0 Å². The first-order chi connectivity index (χ1) is 9.04. The van der Waals surface area contributed by atoms with E-state index in [0.29, 0.717) is 11.0 Å². The number of benzene rings is 1. The lowest BCUT2D eigenvalue weighted by molar-refractivity contribution is -0.139. The summed E-state index contributed by atoms with van der Waals surface area (Å²) in [4.78, 5) is 15.5. The van der Waals surface area contributed by atoms with Gasteiger partial charge in [-0.15, -0.1) is 0 Å². The smallest absolute Gasteiger partial charge is 0.321 e. The molecule has 19 heavy (non-hydrogen) atoms. The van der Waals surface area contributed by atoms with E-state index in [9.17, 15) is 13.6 Å². The Balaban J connectivity index is 2.42. The molecule has 4 nitrogen and oxygen atoms in total. The maximum Gasteiger partial charge on any atom is 0.321 e. The fourth-order valence-electron chi connectivity index (χ4n) is 1.67. The summed E-state index contributed by atoms with van der Waals surface area (Å²) in [6.07, 6.45) is 0. The molecule has 0 radical (unpaired) electrons. The molecule has 1 atom stereocenters. The number of carbonyl (C=O) groups is 1. The number of para-hydroxylation sites is 2. The van der Waals surface area contributed by atoms with Crippen LogP contribution in [-0.4, -0.2) is 27.9 Å². The standard InChI is InChI=1S/C12H12F2N2O2S/c1-7(10(17)18-2)19-12-15-8-5-3-4-6-9(8)16(12)11(13)14/h3-7,11H,1-2H3. The van der Waals surface area contributed by atoms with Crippen LogP contribution in [-0.2, 0) is 9.53 Å². The molecule has 0 bridgehead atoms. The van der Waals surface area contributed by atoms with Crippen LogP contribution in [0.4, 0.5) is 8.78 Å². The summed E-state index contributed by atoms with van der Waals surface area (Å²) in [5, 5.41) is -0.492. The van der Waals surface area contributed by atoms with Crippen LogP contribution in [0.3, 0.4) is 0 Å².